The Labute approximate surface area is 122 Å². The van der Waals surface area contributed by atoms with E-state index in [-0.39, 0.29) is 16.3 Å². The van der Waals surface area contributed by atoms with Gasteiger partial charge in [-0.1, -0.05) is 36.1 Å². The highest BCUT2D eigenvalue weighted by atomic mass is 35.5. The summed E-state index contributed by atoms with van der Waals surface area (Å²) < 4.78 is 42.0. The lowest BCUT2D eigenvalue weighted by Crippen LogP contribution is -2.11. The van der Waals surface area contributed by atoms with Crippen LogP contribution in [0.3, 0.4) is 0 Å². The van der Waals surface area contributed by atoms with E-state index in [1.54, 1.807) is 0 Å². The van der Waals surface area contributed by atoms with Crippen LogP contribution >= 0.6 is 11.6 Å². The van der Waals surface area contributed by atoms with E-state index in [9.17, 15) is 18.0 Å². The van der Waals surface area contributed by atoms with Crippen molar-refractivity contribution in [2.45, 2.75) is 20.0 Å². The quantitative estimate of drug-likeness (QED) is 0.856. The number of amides is 1. The van der Waals surface area contributed by atoms with Gasteiger partial charge in [-0.2, -0.15) is 17.5 Å². The highest BCUT2D eigenvalue weighted by molar-refractivity contribution is 7.87. The molecule has 0 aromatic heterocycles. The van der Waals surface area contributed by atoms with Crippen LogP contribution in [0.25, 0.3) is 0 Å². The van der Waals surface area contributed by atoms with Crippen LogP contribution in [0.5, 0.6) is 0 Å². The molecule has 1 rings (SSSR count). The van der Waals surface area contributed by atoms with Crippen LogP contribution in [0.2, 0.25) is 5.02 Å². The normalized spacial score (nSPS) is 11.8. The Balaban J connectivity index is 3.34. The smallest absolute Gasteiger partial charge is 0.397 e. The van der Waals surface area contributed by atoms with E-state index in [2.05, 4.69) is 4.36 Å². The fourth-order valence-corrected chi connectivity index (χ4v) is 2.68. The third-order valence-corrected chi connectivity index (χ3v) is 4.64. The summed E-state index contributed by atoms with van der Waals surface area (Å²) in [5.41, 5.74) is 4.09. The molecule has 0 bridgehead atoms. The molecular weight excluding hydrogens is 313 g/mol. The van der Waals surface area contributed by atoms with Crippen molar-refractivity contribution in [1.29, 1.82) is 0 Å². The van der Waals surface area contributed by atoms with Crippen LogP contribution in [0, 0.1) is 0 Å². The molecule has 0 heterocycles. The van der Waals surface area contributed by atoms with Crippen molar-refractivity contribution in [3.05, 3.63) is 28.3 Å². The predicted molar refractivity (Wildman–Crippen MR) is 76.1 cm³/mol. The van der Waals surface area contributed by atoms with Crippen molar-refractivity contribution in [2.24, 2.45) is 4.36 Å². The first kappa shape index (κ1) is 17.0. The third-order valence-electron chi connectivity index (χ3n) is 2.57. The minimum Gasteiger partial charge on any atom is -0.397 e. The first-order valence-corrected chi connectivity index (χ1v) is 7.70. The van der Waals surface area contributed by atoms with Gasteiger partial charge in [-0.3, -0.25) is 4.79 Å². The van der Waals surface area contributed by atoms with E-state index in [1.807, 2.05) is 13.8 Å². The van der Waals surface area contributed by atoms with Gasteiger partial charge in [0.25, 0.3) is 5.91 Å². The van der Waals surface area contributed by atoms with E-state index in [4.69, 9.17) is 17.3 Å². The molecule has 0 aliphatic heterocycles. The van der Waals surface area contributed by atoms with Gasteiger partial charge in [0, 0.05) is 11.5 Å². The monoisotopic (exact) mass is 326 g/mol. The molecule has 2 N–H and O–H groups in total. The summed E-state index contributed by atoms with van der Waals surface area (Å²) in [7, 11) is -0.516. The van der Waals surface area contributed by atoms with Crippen molar-refractivity contribution in [3.63, 3.8) is 0 Å². The number of rotatable bonds is 3. The summed E-state index contributed by atoms with van der Waals surface area (Å²) in [6.07, 6.45) is -4.59. The number of hydrogen-bond acceptors (Lipinski definition) is 2. The van der Waals surface area contributed by atoms with Gasteiger partial charge in [-0.15, -0.1) is 0 Å². The van der Waals surface area contributed by atoms with Crippen LogP contribution in [-0.2, 0) is 16.9 Å². The summed E-state index contributed by atoms with van der Waals surface area (Å²) >= 11 is 5.66. The predicted octanol–water partition coefficient (Wildman–Crippen LogP) is 3.92. The minimum absolute atomic E-state index is 0.177. The summed E-state index contributed by atoms with van der Waals surface area (Å²) in [6.45, 7) is 3.71. The second kappa shape index (κ2) is 6.58. The lowest BCUT2D eigenvalue weighted by atomic mass is 10.1. The van der Waals surface area contributed by atoms with Gasteiger partial charge < -0.3 is 5.73 Å². The molecule has 1 aromatic carbocycles. The van der Waals surface area contributed by atoms with E-state index >= 15 is 0 Å². The van der Waals surface area contributed by atoms with Crippen molar-refractivity contribution >= 4 is 33.9 Å². The Bertz CT molecular complexity index is 552. The maximum absolute atomic E-state index is 12.7. The molecule has 0 aliphatic carbocycles. The van der Waals surface area contributed by atoms with Crippen molar-refractivity contribution < 1.29 is 18.0 Å². The number of nitrogen functional groups attached to an aromatic ring is 1. The zero-order chi connectivity index (χ0) is 15.5. The van der Waals surface area contributed by atoms with Crippen molar-refractivity contribution in [3.8, 4) is 0 Å². The number of carbonyl (C=O) groups excluding carboxylic acids is 1. The molecule has 0 spiro atoms. The third kappa shape index (κ3) is 3.96. The lowest BCUT2D eigenvalue weighted by Gasteiger charge is -2.11. The van der Waals surface area contributed by atoms with Gasteiger partial charge in [0.15, 0.2) is 0 Å². The first-order valence-electron chi connectivity index (χ1n) is 5.80. The SMILES string of the molecule is CCS(CC)=NC(=O)c1cc(C(F)(F)F)cc(Cl)c1N. The van der Waals surface area contributed by atoms with E-state index in [0.717, 1.165) is 0 Å². The summed E-state index contributed by atoms with van der Waals surface area (Å²) in [5.74, 6) is 0.534. The molecule has 0 unspecified atom stereocenters. The van der Waals surface area contributed by atoms with Gasteiger partial charge >= 0.3 is 6.18 Å². The second-order valence-corrected chi connectivity index (χ2v) is 6.52. The second-order valence-electron chi connectivity index (χ2n) is 3.85. The molecule has 0 saturated carbocycles. The lowest BCUT2D eigenvalue weighted by molar-refractivity contribution is -0.137. The van der Waals surface area contributed by atoms with Gasteiger partial charge in [0.2, 0.25) is 0 Å². The number of anilines is 1. The largest absolute Gasteiger partial charge is 0.416 e. The van der Waals surface area contributed by atoms with Crippen LogP contribution in [0.4, 0.5) is 18.9 Å². The van der Waals surface area contributed by atoms with Crippen molar-refractivity contribution in [1.82, 2.24) is 0 Å². The maximum atomic E-state index is 12.7. The highest BCUT2D eigenvalue weighted by Gasteiger charge is 2.32. The van der Waals surface area contributed by atoms with Crippen LogP contribution in [-0.4, -0.2) is 17.4 Å². The summed E-state index contributed by atoms with van der Waals surface area (Å²) in [6, 6.07) is 1.40. The summed E-state index contributed by atoms with van der Waals surface area (Å²) in [4.78, 5) is 12.0. The van der Waals surface area contributed by atoms with Crippen molar-refractivity contribution in [2.75, 3.05) is 17.2 Å². The molecule has 0 aliphatic rings. The minimum atomic E-state index is -4.59. The zero-order valence-corrected chi connectivity index (χ0v) is 12.5. The van der Waals surface area contributed by atoms with E-state index in [0.29, 0.717) is 23.6 Å². The van der Waals surface area contributed by atoms with Gasteiger partial charge in [-0.05, 0) is 12.1 Å². The number of hydrogen-bond donors (Lipinski definition) is 1. The zero-order valence-electron chi connectivity index (χ0n) is 10.9. The number of halogens is 4. The number of carbonyl (C=O) groups is 1. The average Bonchev–Trinajstić information content (AvgIpc) is 2.37. The van der Waals surface area contributed by atoms with Gasteiger partial charge in [0.05, 0.1) is 21.8 Å². The van der Waals surface area contributed by atoms with Crippen LogP contribution < -0.4 is 5.73 Å². The topological polar surface area (TPSA) is 55.5 Å². The highest BCUT2D eigenvalue weighted by Crippen LogP contribution is 2.35. The number of nitrogens with zero attached hydrogens (tertiary/aromatic N) is 1. The Morgan fingerprint density at radius 1 is 1.35 bits per heavy atom. The standard InChI is InChI=1S/C12H14ClF3N2OS/c1-3-20(4-2)18-11(19)8-5-7(12(14,15)16)6-9(13)10(8)17/h5-6H,3-4,17H2,1-2H3. The molecule has 0 atom stereocenters. The molecule has 1 amide bonds. The van der Waals surface area contributed by atoms with Crippen LogP contribution in [0.15, 0.2) is 16.5 Å². The first-order chi connectivity index (χ1) is 9.20. The fourth-order valence-electron chi connectivity index (χ4n) is 1.46. The number of nitrogens with two attached hydrogens (primary N) is 1. The van der Waals surface area contributed by atoms with Crippen LogP contribution in [0.1, 0.15) is 29.8 Å². The molecule has 0 saturated heterocycles. The number of benzene rings is 1. The molecule has 0 fully saturated rings. The Morgan fingerprint density at radius 2 is 1.90 bits per heavy atom. The molecule has 0 radical (unpaired) electrons. The molecule has 20 heavy (non-hydrogen) atoms. The molecule has 112 valence electrons. The average molecular weight is 327 g/mol. The fraction of sp³-hybridized carbons (Fsp3) is 0.417. The van der Waals surface area contributed by atoms with Gasteiger partial charge in [0.1, 0.15) is 0 Å². The molecule has 1 aromatic rings. The Kier molecular flexibility index (Phi) is 5.59. The molecular formula is C12H14ClF3N2OS. The Hall–Kier alpha value is -1.08. The number of alkyl halides is 3. The van der Waals surface area contributed by atoms with Gasteiger partial charge in [-0.25, -0.2) is 0 Å². The molecule has 8 heteroatoms. The molecule has 3 nitrogen and oxygen atoms in total. The van der Waals surface area contributed by atoms with E-state index in [1.165, 1.54) is 0 Å². The maximum Gasteiger partial charge on any atom is 0.416 e. The Morgan fingerprint density at radius 3 is 2.35 bits per heavy atom. The van der Waals surface area contributed by atoms with E-state index < -0.39 is 28.3 Å². The summed E-state index contributed by atoms with van der Waals surface area (Å²) in [5, 5.41) is -0.300.